The highest BCUT2D eigenvalue weighted by atomic mass is 16.4. The van der Waals surface area contributed by atoms with E-state index in [1.807, 2.05) is 26.2 Å². The van der Waals surface area contributed by atoms with Crippen LogP contribution in [0.4, 0.5) is 4.79 Å². The summed E-state index contributed by atoms with van der Waals surface area (Å²) in [5.41, 5.74) is 85.3. The number of carbonyl (C=O) groups is 3. The van der Waals surface area contributed by atoms with Gasteiger partial charge in [0.2, 0.25) is 0 Å². The Bertz CT molecular complexity index is 1250. The second-order valence-corrected chi connectivity index (χ2v) is 19.6. The molecular weight excluding hydrogens is 1040 g/mol. The van der Waals surface area contributed by atoms with Crippen molar-refractivity contribution in [1.29, 1.82) is 0 Å². The van der Waals surface area contributed by atoms with Gasteiger partial charge in [-0.2, -0.15) is 0 Å². The van der Waals surface area contributed by atoms with Crippen molar-refractivity contribution in [2.45, 2.75) is 195 Å². The first-order chi connectivity index (χ1) is 38.3. The summed E-state index contributed by atoms with van der Waals surface area (Å²) >= 11 is 0. The van der Waals surface area contributed by atoms with E-state index in [-0.39, 0.29) is 40.2 Å². The van der Waals surface area contributed by atoms with Gasteiger partial charge in [0, 0.05) is 50.8 Å². The summed E-state index contributed by atoms with van der Waals surface area (Å²) in [6.45, 7) is 23.5. The molecule has 27 heteroatoms. The van der Waals surface area contributed by atoms with Gasteiger partial charge in [-0.25, -0.2) is 26.1 Å². The molecule has 81 heavy (non-hydrogen) atoms. The lowest BCUT2D eigenvalue weighted by Gasteiger charge is -2.22. The highest BCUT2D eigenvalue weighted by molar-refractivity contribution is 5.96. The largest absolute Gasteiger partial charge is 0.478 e. The van der Waals surface area contributed by atoms with Gasteiger partial charge >= 0.3 is 18.0 Å². The van der Waals surface area contributed by atoms with E-state index in [0.29, 0.717) is 39.3 Å². The lowest BCUT2D eigenvalue weighted by atomic mass is 9.92. The number of carboxylic acids is 2. The van der Waals surface area contributed by atoms with Crippen molar-refractivity contribution in [3.63, 3.8) is 0 Å². The number of unbranched alkanes of at least 4 members (excludes halogenated alkanes) is 13. The molecule has 1 aromatic carbocycles. The molecule has 0 radical (unpaired) electrons. The molecule has 0 aliphatic carbocycles. The minimum Gasteiger partial charge on any atom is -0.478 e. The number of amides is 2. The number of hydrogen-bond donors (Lipinski definition) is 23. The molecule has 0 fully saturated rings. The molecule has 0 bridgehead atoms. The summed E-state index contributed by atoms with van der Waals surface area (Å²) in [6, 6.07) is 4.36. The third-order valence-electron chi connectivity index (χ3n) is 10.2. The van der Waals surface area contributed by atoms with Gasteiger partial charge in [0.25, 0.3) is 0 Å². The molecule has 0 spiro atoms. The van der Waals surface area contributed by atoms with Gasteiger partial charge in [0.1, 0.15) is 0 Å². The average Bonchev–Trinajstić information content (AvgIpc) is 3.44. The maximum Gasteiger partial charge on any atom is 0.345 e. The normalized spacial score (nSPS) is 10.7. The third kappa shape index (κ3) is 112. The third-order valence-corrected chi connectivity index (χ3v) is 10.2. The van der Waals surface area contributed by atoms with Crippen molar-refractivity contribution in [2.75, 3.05) is 91.6 Å². The van der Waals surface area contributed by atoms with Crippen LogP contribution in [0.3, 0.4) is 0 Å². The second-order valence-electron chi connectivity index (χ2n) is 19.6. The summed E-state index contributed by atoms with van der Waals surface area (Å²) < 4.78 is 0. The molecule has 0 heterocycles. The zero-order valence-electron chi connectivity index (χ0n) is 52.6. The predicted molar refractivity (Wildman–Crippen MR) is 348 cm³/mol. The molecule has 3 atom stereocenters. The molecule has 0 saturated carbocycles. The molecule has 0 aliphatic heterocycles. The molecule has 0 aromatic heterocycles. The summed E-state index contributed by atoms with van der Waals surface area (Å²) in [6.07, 6.45) is 24.1. The predicted octanol–water partition coefficient (Wildman–Crippen LogP) is 0.200. The SMILES string of the molecule is CC(C)(C)CCN(N)C(=O)NN.CC(N)CCN.CC(N)CN.CCC(N)CN.Cc1c(C(=O)O)cccc1C(=O)O.NCCCCCCCCCCCCN.NCCCCCCN.NCCCCN.NCCCN.NCCN.NN. The fourth-order valence-corrected chi connectivity index (χ4v) is 4.92. The van der Waals surface area contributed by atoms with Crippen LogP contribution in [-0.4, -0.2) is 143 Å². The van der Waals surface area contributed by atoms with Crippen LogP contribution in [0, 0.1) is 12.3 Å². The van der Waals surface area contributed by atoms with Crippen LogP contribution in [0.25, 0.3) is 0 Å². The number of nitrogens with one attached hydrogen (secondary N) is 1. The Hall–Kier alpha value is -3.37. The van der Waals surface area contributed by atoms with Crippen LogP contribution in [0.2, 0.25) is 0 Å². The van der Waals surface area contributed by atoms with Crippen LogP contribution in [0.15, 0.2) is 18.2 Å². The molecule has 494 valence electrons. The van der Waals surface area contributed by atoms with E-state index >= 15 is 0 Å². The molecule has 0 aliphatic rings. The summed E-state index contributed by atoms with van der Waals surface area (Å²) in [5, 5.41) is 18.4. The molecule has 27 nitrogen and oxygen atoms in total. The van der Waals surface area contributed by atoms with Crippen LogP contribution in [0.5, 0.6) is 0 Å². The number of nitrogens with zero attached hydrogens (tertiary/aromatic N) is 1. The van der Waals surface area contributed by atoms with Crippen molar-refractivity contribution in [2.24, 2.45) is 121 Å². The standard InChI is InChI=1S/C12H28N2.C9H8O4.C7H18N4O.C6H16N2.3C4H12N2.2C3H10N2.C2H8N2.H4N2/c13-11-9-7-5-3-1-2-4-6-8-10-12-14;1-5-6(8(10)11)3-2-4-7(5)9(12)13;1-7(2,3)4-5-11(9)6(12)10-8;7-5-3-1-2-4-6-8;1-4(6)2-3-5;1-2-4(6)3-5;5-3-1-2-4-6;1-3(5)2-4;4-2-1-3-5;3-1-2-4;1-2/h1-14H2;2-4H,1H3,(H,10,11)(H,12,13);4-5,8-9H2,1-3H3,(H,10,12);1-8H2;2*4H,2-3,5-6H2,1H3;1-6H2;3H,2,4-5H2,1H3;1-5H2;1-4H2;1-2H2. The van der Waals surface area contributed by atoms with Gasteiger partial charge in [-0.3, -0.25) is 22.1 Å². The lowest BCUT2D eigenvalue weighted by molar-refractivity contribution is 0.0696. The quantitative estimate of drug-likeness (QED) is 0.0204. The van der Waals surface area contributed by atoms with E-state index in [4.69, 9.17) is 114 Å². The number of hydrazine groups is 3. The van der Waals surface area contributed by atoms with E-state index in [1.165, 1.54) is 102 Å². The number of rotatable bonds is 31. The first-order valence-electron chi connectivity index (χ1n) is 29.1. The molecule has 3 unspecified atom stereocenters. The highest BCUT2D eigenvalue weighted by Crippen LogP contribution is 2.18. The maximum atomic E-state index is 10.8. The van der Waals surface area contributed by atoms with Gasteiger partial charge in [0.15, 0.2) is 0 Å². The van der Waals surface area contributed by atoms with Gasteiger partial charge in [-0.05, 0) is 167 Å². The number of hydrogen-bond acceptors (Lipinski definition) is 23. The number of nitrogens with two attached hydrogens (primary N) is 20. The Morgan fingerprint density at radius 2 is 0.790 bits per heavy atom. The van der Waals surface area contributed by atoms with Gasteiger partial charge in [-0.1, -0.05) is 98.0 Å². The van der Waals surface area contributed by atoms with Gasteiger partial charge in [0.05, 0.1) is 11.1 Å². The van der Waals surface area contributed by atoms with Crippen molar-refractivity contribution < 1.29 is 24.6 Å². The van der Waals surface area contributed by atoms with E-state index in [1.54, 1.807) is 0 Å². The van der Waals surface area contributed by atoms with Crippen LogP contribution >= 0.6 is 0 Å². The fourth-order valence-electron chi connectivity index (χ4n) is 4.92. The van der Waals surface area contributed by atoms with Crippen molar-refractivity contribution in [1.82, 2.24) is 10.4 Å². The topological polar surface area (TPSA) is 627 Å². The second kappa shape index (κ2) is 87.9. The molecule has 0 saturated heterocycles. The summed E-state index contributed by atoms with van der Waals surface area (Å²) in [4.78, 5) is 32.0. The van der Waals surface area contributed by atoms with Gasteiger partial charge < -0.3 is 102 Å². The van der Waals surface area contributed by atoms with Crippen molar-refractivity contribution >= 4 is 18.0 Å². The minimum absolute atomic E-state index is 0.0277. The van der Waals surface area contributed by atoms with Gasteiger partial charge in [-0.15, -0.1) is 0 Å². The Kier molecular flexibility index (Phi) is 108. The average molecular weight is 1180 g/mol. The molecule has 1 rings (SSSR count). The highest BCUT2D eigenvalue weighted by Gasteiger charge is 2.15. The Morgan fingerprint density at radius 1 is 0.506 bits per heavy atom. The number of benzene rings is 1. The number of aromatic carboxylic acids is 2. The fraction of sp³-hybridized carbons (Fsp3) is 0.833. The molecule has 1 aromatic rings. The maximum absolute atomic E-state index is 10.8. The van der Waals surface area contributed by atoms with Crippen LogP contribution in [-0.2, 0) is 0 Å². The first-order valence-corrected chi connectivity index (χ1v) is 29.1. The Morgan fingerprint density at radius 3 is 0.938 bits per heavy atom. The molecule has 43 N–H and O–H groups in total. The molecule has 2 amide bonds. The van der Waals surface area contributed by atoms with Crippen LogP contribution in [0.1, 0.15) is 196 Å². The number of carbonyl (C=O) groups excluding carboxylic acids is 1. The van der Waals surface area contributed by atoms with Crippen LogP contribution < -0.4 is 121 Å². The Labute approximate surface area is 493 Å². The number of urea groups is 1. The molecular formula is C54H138N22O5. The lowest BCUT2D eigenvalue weighted by Crippen LogP contribution is -2.48. The zero-order valence-corrected chi connectivity index (χ0v) is 52.6. The Balaban J connectivity index is -0.0000000885. The summed E-state index contributed by atoms with van der Waals surface area (Å²) in [7, 11) is 0. The number of carboxylic acid groups (broad SMARTS) is 2. The van der Waals surface area contributed by atoms with E-state index in [9.17, 15) is 14.4 Å². The summed E-state index contributed by atoms with van der Waals surface area (Å²) in [5.74, 6) is 16.0. The zero-order chi connectivity index (χ0) is 65.1. The van der Waals surface area contributed by atoms with E-state index in [2.05, 4.69) is 32.5 Å². The first kappa shape index (κ1) is 99.7. The minimum atomic E-state index is -1.11. The smallest absolute Gasteiger partial charge is 0.345 e. The van der Waals surface area contributed by atoms with E-state index < -0.39 is 18.0 Å². The van der Waals surface area contributed by atoms with E-state index in [0.717, 1.165) is 109 Å². The van der Waals surface area contributed by atoms with Crippen molar-refractivity contribution in [3.8, 4) is 0 Å². The van der Waals surface area contributed by atoms with Crippen molar-refractivity contribution in [3.05, 3.63) is 34.9 Å². The monoisotopic (exact) mass is 1180 g/mol.